The molecule has 0 aromatic carbocycles. The Morgan fingerprint density at radius 2 is 1.89 bits per heavy atom. The van der Waals surface area contributed by atoms with Crippen LogP contribution in [0.25, 0.3) is 0 Å². The van der Waals surface area contributed by atoms with E-state index in [4.69, 9.17) is 0 Å². The highest BCUT2D eigenvalue weighted by Gasteiger charge is 2.32. The fourth-order valence-corrected chi connectivity index (χ4v) is 3.78. The van der Waals surface area contributed by atoms with Gasteiger partial charge in [-0.1, -0.05) is 19.3 Å². The van der Waals surface area contributed by atoms with E-state index in [2.05, 4.69) is 20.4 Å². The summed E-state index contributed by atoms with van der Waals surface area (Å²) in [5.74, 6) is 1.25. The van der Waals surface area contributed by atoms with E-state index < -0.39 is 0 Å². The summed E-state index contributed by atoms with van der Waals surface area (Å²) in [5.41, 5.74) is 0. The molecule has 1 aliphatic carbocycles. The zero-order chi connectivity index (χ0) is 18.8. The summed E-state index contributed by atoms with van der Waals surface area (Å²) in [6.45, 7) is 2.44. The molecule has 2 rings (SSSR count). The molecule has 0 bridgehead atoms. The van der Waals surface area contributed by atoms with Gasteiger partial charge in [0.05, 0.1) is 7.11 Å². The third kappa shape index (κ3) is 8.23. The standard InChI is InChI=1S/C19H34N4O3.HI/c1-20-19(21-12-7-3-4-10-17(24)26-2)22-16-11-13-23(14-16)18(25)15-8-5-6-9-15;/h15-16H,3-14H2,1-2H3,(H2,20,21,22);1H. The van der Waals surface area contributed by atoms with Crippen LogP contribution >= 0.6 is 24.0 Å². The molecular weight excluding hydrogens is 459 g/mol. The van der Waals surface area contributed by atoms with Gasteiger partial charge in [0.2, 0.25) is 5.91 Å². The van der Waals surface area contributed by atoms with Crippen molar-refractivity contribution in [3.05, 3.63) is 0 Å². The first-order chi connectivity index (χ1) is 12.6. The van der Waals surface area contributed by atoms with Gasteiger partial charge in [-0.25, -0.2) is 0 Å². The number of esters is 1. The van der Waals surface area contributed by atoms with Crippen molar-refractivity contribution < 1.29 is 14.3 Å². The van der Waals surface area contributed by atoms with E-state index in [-0.39, 0.29) is 41.9 Å². The number of hydrogen-bond donors (Lipinski definition) is 2. The molecule has 1 unspecified atom stereocenters. The number of rotatable bonds is 8. The van der Waals surface area contributed by atoms with E-state index in [0.29, 0.717) is 12.3 Å². The van der Waals surface area contributed by atoms with Gasteiger partial charge < -0.3 is 20.3 Å². The summed E-state index contributed by atoms with van der Waals surface area (Å²) in [7, 11) is 3.19. The molecule has 2 aliphatic rings. The topological polar surface area (TPSA) is 83.0 Å². The molecular formula is C19H35IN4O3. The summed E-state index contributed by atoms with van der Waals surface area (Å²) >= 11 is 0. The molecule has 0 aromatic rings. The van der Waals surface area contributed by atoms with Crippen LogP contribution in [0.5, 0.6) is 0 Å². The molecule has 27 heavy (non-hydrogen) atoms. The lowest BCUT2D eigenvalue weighted by Gasteiger charge is -2.21. The third-order valence-electron chi connectivity index (χ3n) is 5.35. The van der Waals surface area contributed by atoms with Gasteiger partial charge in [0, 0.05) is 45.1 Å². The van der Waals surface area contributed by atoms with Crippen molar-refractivity contribution in [2.45, 2.75) is 63.8 Å². The van der Waals surface area contributed by atoms with Crippen molar-refractivity contribution in [2.24, 2.45) is 10.9 Å². The van der Waals surface area contributed by atoms with Crippen LogP contribution in [-0.4, -0.2) is 62.6 Å². The number of nitrogens with one attached hydrogen (secondary N) is 2. The second kappa shape index (κ2) is 13.2. The van der Waals surface area contributed by atoms with Crippen LogP contribution in [0.3, 0.4) is 0 Å². The first-order valence-corrected chi connectivity index (χ1v) is 9.96. The highest BCUT2D eigenvalue weighted by atomic mass is 127. The van der Waals surface area contributed by atoms with Crippen molar-refractivity contribution in [3.8, 4) is 0 Å². The highest BCUT2D eigenvalue weighted by Crippen LogP contribution is 2.27. The van der Waals surface area contributed by atoms with Gasteiger partial charge in [0.25, 0.3) is 0 Å². The van der Waals surface area contributed by atoms with Crippen molar-refractivity contribution in [1.29, 1.82) is 0 Å². The van der Waals surface area contributed by atoms with E-state index >= 15 is 0 Å². The molecule has 2 N–H and O–H groups in total. The maximum atomic E-state index is 12.5. The first-order valence-electron chi connectivity index (χ1n) is 9.96. The lowest BCUT2D eigenvalue weighted by Crippen LogP contribution is -2.45. The lowest BCUT2D eigenvalue weighted by molar-refractivity contribution is -0.140. The molecule has 1 aliphatic heterocycles. The van der Waals surface area contributed by atoms with Gasteiger partial charge in [0.1, 0.15) is 0 Å². The quantitative estimate of drug-likeness (QED) is 0.178. The molecule has 7 nitrogen and oxygen atoms in total. The number of aliphatic imine (C=N–C) groups is 1. The average molecular weight is 494 g/mol. The zero-order valence-electron chi connectivity index (χ0n) is 16.7. The Kier molecular flexibility index (Phi) is 11.7. The average Bonchev–Trinajstić information content (AvgIpc) is 3.34. The number of methoxy groups -OCH3 is 1. The van der Waals surface area contributed by atoms with Crippen molar-refractivity contribution in [3.63, 3.8) is 0 Å². The number of guanidine groups is 1. The summed E-state index contributed by atoms with van der Waals surface area (Å²) < 4.78 is 4.63. The molecule has 1 atom stereocenters. The van der Waals surface area contributed by atoms with E-state index in [1.165, 1.54) is 20.0 Å². The van der Waals surface area contributed by atoms with E-state index in [1.54, 1.807) is 7.05 Å². The van der Waals surface area contributed by atoms with Crippen LogP contribution < -0.4 is 10.6 Å². The Bertz CT molecular complexity index is 495. The summed E-state index contributed by atoms with van der Waals surface area (Å²) in [4.78, 5) is 29.9. The van der Waals surface area contributed by atoms with Crippen LogP contribution in [0.1, 0.15) is 57.8 Å². The second-order valence-electron chi connectivity index (χ2n) is 7.28. The molecule has 1 saturated heterocycles. The normalized spacial score (nSPS) is 20.3. The monoisotopic (exact) mass is 494 g/mol. The molecule has 1 heterocycles. The Balaban J connectivity index is 0.00000364. The van der Waals surface area contributed by atoms with Crippen LogP contribution in [0.4, 0.5) is 0 Å². The summed E-state index contributed by atoms with van der Waals surface area (Å²) in [6.07, 6.45) is 8.78. The van der Waals surface area contributed by atoms with Crippen LogP contribution in [0, 0.1) is 5.92 Å². The Morgan fingerprint density at radius 3 is 2.56 bits per heavy atom. The highest BCUT2D eigenvalue weighted by molar-refractivity contribution is 14.0. The van der Waals surface area contributed by atoms with Crippen molar-refractivity contribution in [1.82, 2.24) is 15.5 Å². The first kappa shape index (κ1) is 24.0. The van der Waals surface area contributed by atoms with Gasteiger partial charge in [-0.2, -0.15) is 0 Å². The van der Waals surface area contributed by atoms with Gasteiger partial charge in [-0.05, 0) is 32.1 Å². The number of ether oxygens (including phenoxy) is 1. The number of amides is 1. The summed E-state index contributed by atoms with van der Waals surface area (Å²) in [6, 6.07) is 0.269. The number of carbonyl (C=O) groups is 2. The number of halogens is 1. The molecule has 0 spiro atoms. The minimum atomic E-state index is -0.145. The Labute approximate surface area is 180 Å². The van der Waals surface area contributed by atoms with Gasteiger partial charge in [0.15, 0.2) is 5.96 Å². The number of likely N-dealkylation sites (tertiary alicyclic amines) is 1. The van der Waals surface area contributed by atoms with E-state index in [1.807, 2.05) is 4.90 Å². The molecule has 8 heteroatoms. The molecule has 1 amide bonds. The maximum Gasteiger partial charge on any atom is 0.305 e. The molecule has 0 radical (unpaired) electrons. The van der Waals surface area contributed by atoms with Crippen molar-refractivity contribution >= 4 is 41.8 Å². The minimum absolute atomic E-state index is 0. The van der Waals surface area contributed by atoms with E-state index in [9.17, 15) is 9.59 Å². The second-order valence-corrected chi connectivity index (χ2v) is 7.28. The Morgan fingerprint density at radius 1 is 1.15 bits per heavy atom. The summed E-state index contributed by atoms with van der Waals surface area (Å²) in [5, 5.41) is 6.75. The lowest BCUT2D eigenvalue weighted by atomic mass is 10.1. The fourth-order valence-electron chi connectivity index (χ4n) is 3.78. The predicted octanol–water partition coefficient (Wildman–Crippen LogP) is 2.29. The van der Waals surface area contributed by atoms with Crippen LogP contribution in [0.15, 0.2) is 4.99 Å². The van der Waals surface area contributed by atoms with Crippen LogP contribution in [-0.2, 0) is 14.3 Å². The van der Waals surface area contributed by atoms with Crippen molar-refractivity contribution in [2.75, 3.05) is 33.8 Å². The number of nitrogens with zero attached hydrogens (tertiary/aromatic N) is 2. The predicted molar refractivity (Wildman–Crippen MR) is 117 cm³/mol. The maximum absolute atomic E-state index is 12.5. The number of hydrogen-bond acceptors (Lipinski definition) is 4. The number of carbonyl (C=O) groups excluding carboxylic acids is 2. The molecule has 156 valence electrons. The largest absolute Gasteiger partial charge is 0.469 e. The smallest absolute Gasteiger partial charge is 0.305 e. The SMILES string of the molecule is CN=C(NCCCCCC(=O)OC)NC1CCN(C(=O)C2CCCC2)C1.I. The molecule has 1 saturated carbocycles. The number of unbranched alkanes of at least 4 members (excludes halogenated alkanes) is 2. The fraction of sp³-hybridized carbons (Fsp3) is 0.842. The Hall–Kier alpha value is -1.06. The van der Waals surface area contributed by atoms with Gasteiger partial charge >= 0.3 is 5.97 Å². The van der Waals surface area contributed by atoms with Gasteiger partial charge in [-0.3, -0.25) is 14.6 Å². The molecule has 2 fully saturated rings. The zero-order valence-corrected chi connectivity index (χ0v) is 19.0. The minimum Gasteiger partial charge on any atom is -0.469 e. The molecule has 0 aromatic heterocycles. The third-order valence-corrected chi connectivity index (χ3v) is 5.35. The van der Waals surface area contributed by atoms with E-state index in [0.717, 1.165) is 64.1 Å². The van der Waals surface area contributed by atoms with Gasteiger partial charge in [-0.15, -0.1) is 24.0 Å². The van der Waals surface area contributed by atoms with Crippen LogP contribution in [0.2, 0.25) is 0 Å².